The summed E-state index contributed by atoms with van der Waals surface area (Å²) < 4.78 is 13.1. The second kappa shape index (κ2) is 9.94. The molecule has 0 atom stereocenters. The van der Waals surface area contributed by atoms with Crippen molar-refractivity contribution in [2.45, 2.75) is 32.9 Å². The molecule has 7 heteroatoms. The zero-order valence-electron chi connectivity index (χ0n) is 18.3. The number of fused-ring (bicyclic) bond motifs is 1. The lowest BCUT2D eigenvalue weighted by molar-refractivity contribution is 0.0326. The number of amides is 1. The van der Waals surface area contributed by atoms with E-state index in [4.69, 9.17) is 14.5 Å². The Labute approximate surface area is 183 Å². The molecule has 0 aliphatic carbocycles. The predicted molar refractivity (Wildman–Crippen MR) is 122 cm³/mol. The van der Waals surface area contributed by atoms with Gasteiger partial charge < -0.3 is 19.4 Å². The van der Waals surface area contributed by atoms with E-state index in [9.17, 15) is 4.79 Å². The van der Waals surface area contributed by atoms with Gasteiger partial charge in [-0.25, -0.2) is 4.98 Å². The summed E-state index contributed by atoms with van der Waals surface area (Å²) in [7, 11) is 1.57. The first-order chi connectivity index (χ1) is 15.2. The van der Waals surface area contributed by atoms with Crippen molar-refractivity contribution in [3.63, 3.8) is 0 Å². The molecule has 2 heterocycles. The first-order valence-electron chi connectivity index (χ1n) is 10.9. The molecule has 2 aromatic carbocycles. The first kappa shape index (κ1) is 21.3. The lowest BCUT2D eigenvalue weighted by Crippen LogP contribution is -2.36. The number of benzene rings is 2. The van der Waals surface area contributed by atoms with E-state index in [1.165, 1.54) is 0 Å². The number of rotatable bonds is 8. The van der Waals surface area contributed by atoms with E-state index in [1.54, 1.807) is 19.2 Å². The van der Waals surface area contributed by atoms with Gasteiger partial charge in [0.25, 0.3) is 5.91 Å². The molecule has 1 fully saturated rings. The molecule has 0 saturated carbocycles. The highest BCUT2D eigenvalue weighted by Gasteiger charge is 2.18. The van der Waals surface area contributed by atoms with Crippen LogP contribution in [0.5, 0.6) is 5.75 Å². The minimum absolute atomic E-state index is 0.198. The number of nitrogens with zero attached hydrogens (tertiary/aromatic N) is 3. The number of hydrogen-bond donors (Lipinski definition) is 1. The van der Waals surface area contributed by atoms with Gasteiger partial charge >= 0.3 is 0 Å². The third-order valence-corrected chi connectivity index (χ3v) is 5.64. The summed E-state index contributed by atoms with van der Waals surface area (Å²) in [5.74, 6) is 1.42. The Morgan fingerprint density at radius 2 is 2.00 bits per heavy atom. The highest BCUT2D eigenvalue weighted by Crippen LogP contribution is 2.24. The summed E-state index contributed by atoms with van der Waals surface area (Å²) in [4.78, 5) is 20.1. The molecule has 164 valence electrons. The number of hydrogen-bond acceptors (Lipinski definition) is 5. The molecule has 1 aromatic heterocycles. The van der Waals surface area contributed by atoms with Gasteiger partial charge in [0.15, 0.2) is 0 Å². The average Bonchev–Trinajstić information content (AvgIpc) is 3.14. The molecule has 1 amide bonds. The number of carbonyl (C=O) groups is 1. The van der Waals surface area contributed by atoms with Crippen LogP contribution in [-0.4, -0.2) is 53.8 Å². The molecule has 7 nitrogen and oxygen atoms in total. The number of ether oxygens (including phenoxy) is 2. The van der Waals surface area contributed by atoms with E-state index in [0.29, 0.717) is 11.3 Å². The number of nitrogens with one attached hydrogen (secondary N) is 1. The topological polar surface area (TPSA) is 68.6 Å². The van der Waals surface area contributed by atoms with Gasteiger partial charge in [0.2, 0.25) is 0 Å². The minimum atomic E-state index is -0.198. The maximum absolute atomic E-state index is 12.8. The number of methoxy groups -OCH3 is 1. The molecule has 0 bridgehead atoms. The highest BCUT2D eigenvalue weighted by atomic mass is 16.5. The van der Waals surface area contributed by atoms with Crippen molar-refractivity contribution in [3.8, 4) is 5.75 Å². The molecule has 3 aromatic rings. The summed E-state index contributed by atoms with van der Waals surface area (Å²) in [5, 5.41) is 2.98. The van der Waals surface area contributed by atoms with Crippen molar-refractivity contribution in [3.05, 3.63) is 53.9 Å². The van der Waals surface area contributed by atoms with Crippen LogP contribution in [-0.2, 0) is 17.8 Å². The fourth-order valence-electron chi connectivity index (χ4n) is 3.93. The molecular weight excluding hydrogens is 392 g/mol. The van der Waals surface area contributed by atoms with Gasteiger partial charge in [-0.3, -0.25) is 9.69 Å². The van der Waals surface area contributed by atoms with Crippen molar-refractivity contribution in [1.82, 2.24) is 14.5 Å². The van der Waals surface area contributed by atoms with Gasteiger partial charge in [0, 0.05) is 25.3 Å². The maximum Gasteiger partial charge on any atom is 0.259 e. The second-order valence-corrected chi connectivity index (χ2v) is 7.78. The van der Waals surface area contributed by atoms with Crippen molar-refractivity contribution >= 4 is 22.6 Å². The van der Waals surface area contributed by atoms with Gasteiger partial charge in [-0.1, -0.05) is 25.5 Å². The van der Waals surface area contributed by atoms with Crippen molar-refractivity contribution in [2.75, 3.05) is 38.7 Å². The lowest BCUT2D eigenvalue weighted by Gasteiger charge is -2.26. The van der Waals surface area contributed by atoms with Crippen LogP contribution in [0, 0.1) is 0 Å². The lowest BCUT2D eigenvalue weighted by atomic mass is 10.2. The summed E-state index contributed by atoms with van der Waals surface area (Å²) in [5.41, 5.74) is 3.23. The van der Waals surface area contributed by atoms with Crippen LogP contribution >= 0.6 is 0 Å². The molecule has 1 aliphatic heterocycles. The van der Waals surface area contributed by atoms with Crippen LogP contribution in [0.1, 0.15) is 35.9 Å². The van der Waals surface area contributed by atoms with Gasteiger partial charge in [-0.15, -0.1) is 0 Å². The Morgan fingerprint density at radius 3 is 2.77 bits per heavy atom. The monoisotopic (exact) mass is 422 g/mol. The predicted octanol–water partition coefficient (Wildman–Crippen LogP) is 3.93. The normalized spacial score (nSPS) is 14.6. The summed E-state index contributed by atoms with van der Waals surface area (Å²) >= 11 is 0. The first-order valence-corrected chi connectivity index (χ1v) is 10.9. The zero-order chi connectivity index (χ0) is 21.6. The van der Waals surface area contributed by atoms with Crippen LogP contribution in [0.2, 0.25) is 0 Å². The Morgan fingerprint density at radius 1 is 1.19 bits per heavy atom. The van der Waals surface area contributed by atoms with E-state index in [1.807, 2.05) is 24.3 Å². The summed E-state index contributed by atoms with van der Waals surface area (Å²) in [6.07, 6.45) is 2.23. The average molecular weight is 423 g/mol. The van der Waals surface area contributed by atoms with Gasteiger partial charge in [-0.05, 0) is 36.8 Å². The summed E-state index contributed by atoms with van der Waals surface area (Å²) in [6, 6.07) is 13.2. The number of aromatic nitrogens is 2. The van der Waals surface area contributed by atoms with E-state index in [-0.39, 0.29) is 5.91 Å². The molecule has 0 radical (unpaired) electrons. The number of imidazole rings is 1. The number of aryl methyl sites for hydroxylation is 1. The van der Waals surface area contributed by atoms with Crippen LogP contribution in [0.25, 0.3) is 11.0 Å². The largest absolute Gasteiger partial charge is 0.496 e. The van der Waals surface area contributed by atoms with Crippen molar-refractivity contribution < 1.29 is 14.3 Å². The quantitative estimate of drug-likeness (QED) is 0.596. The zero-order valence-corrected chi connectivity index (χ0v) is 18.3. The molecule has 1 saturated heterocycles. The molecule has 0 spiro atoms. The number of para-hydroxylation sites is 1. The second-order valence-electron chi connectivity index (χ2n) is 7.78. The van der Waals surface area contributed by atoms with E-state index >= 15 is 0 Å². The maximum atomic E-state index is 12.8. The molecular formula is C24H30N4O3. The Balaban J connectivity index is 1.59. The number of unbranched alkanes of at least 4 members (excludes halogenated alkanes) is 1. The SMILES string of the molecule is CCCCn1c(CN2CCOCC2)nc2cc(NC(=O)c3ccccc3OC)ccc21. The van der Waals surface area contributed by atoms with E-state index in [2.05, 4.69) is 27.8 Å². The number of morpholine rings is 1. The van der Waals surface area contributed by atoms with Gasteiger partial charge in [0.1, 0.15) is 11.6 Å². The van der Waals surface area contributed by atoms with Gasteiger partial charge in [0.05, 0.1) is 43.5 Å². The Hall–Kier alpha value is -2.90. The van der Waals surface area contributed by atoms with Crippen LogP contribution in [0.15, 0.2) is 42.5 Å². The number of carbonyl (C=O) groups excluding carboxylic acids is 1. The van der Waals surface area contributed by atoms with Crippen molar-refractivity contribution in [2.24, 2.45) is 0 Å². The Kier molecular flexibility index (Phi) is 6.84. The van der Waals surface area contributed by atoms with E-state index < -0.39 is 0 Å². The molecule has 0 unspecified atom stereocenters. The third kappa shape index (κ3) is 4.89. The molecule has 4 rings (SSSR count). The molecule has 1 N–H and O–H groups in total. The summed E-state index contributed by atoms with van der Waals surface area (Å²) in [6.45, 7) is 7.35. The standard InChI is InChI=1S/C24H30N4O3/c1-3-4-11-28-21-10-9-18(25-24(29)19-7-5-6-8-22(19)30-2)16-20(21)26-23(28)17-27-12-14-31-15-13-27/h5-10,16H,3-4,11-15,17H2,1-2H3,(H,25,29). The molecule has 1 aliphatic rings. The van der Waals surface area contributed by atoms with E-state index in [0.717, 1.165) is 74.8 Å². The van der Waals surface area contributed by atoms with Crippen LogP contribution < -0.4 is 10.1 Å². The molecule has 31 heavy (non-hydrogen) atoms. The van der Waals surface area contributed by atoms with Gasteiger partial charge in [-0.2, -0.15) is 0 Å². The van der Waals surface area contributed by atoms with Crippen LogP contribution in [0.4, 0.5) is 5.69 Å². The third-order valence-electron chi connectivity index (χ3n) is 5.64. The smallest absolute Gasteiger partial charge is 0.259 e. The van der Waals surface area contributed by atoms with Crippen molar-refractivity contribution in [1.29, 1.82) is 0 Å². The Bertz CT molecular complexity index is 1040. The number of anilines is 1. The fraction of sp³-hybridized carbons (Fsp3) is 0.417. The highest BCUT2D eigenvalue weighted by molar-refractivity contribution is 6.06. The van der Waals surface area contributed by atoms with Crippen LogP contribution in [0.3, 0.4) is 0 Å². The minimum Gasteiger partial charge on any atom is -0.496 e. The fourth-order valence-corrected chi connectivity index (χ4v) is 3.93.